The van der Waals surface area contributed by atoms with E-state index >= 15 is 0 Å². The number of rotatable bonds is 8. The molecule has 0 bridgehead atoms. The van der Waals surface area contributed by atoms with Crippen molar-refractivity contribution >= 4 is 18.0 Å². The molecule has 2 aliphatic rings. The van der Waals surface area contributed by atoms with Crippen molar-refractivity contribution < 1.29 is 24.2 Å². The van der Waals surface area contributed by atoms with Gasteiger partial charge in [-0.05, 0) is 40.7 Å². The summed E-state index contributed by atoms with van der Waals surface area (Å²) in [5.41, 5.74) is 4.23. The smallest absolute Gasteiger partial charge is 0.407 e. The summed E-state index contributed by atoms with van der Waals surface area (Å²) in [6, 6.07) is 23.6. The van der Waals surface area contributed by atoms with Crippen LogP contribution in [-0.4, -0.2) is 36.2 Å². The molecule has 0 heterocycles. The fraction of sp³-hybridized carbons (Fsp3) is 0.250. The van der Waals surface area contributed by atoms with Gasteiger partial charge in [-0.2, -0.15) is 0 Å². The SMILES string of the molecule is O=C(NCC1(C(=O)N[C@H](C(=O)O)c2ccccc2)CC1)OCC1c2ccccc2-c2ccccc21. The molecule has 2 aliphatic carbocycles. The van der Waals surface area contributed by atoms with Crippen LogP contribution in [0.5, 0.6) is 0 Å². The fourth-order valence-corrected chi connectivity index (χ4v) is 4.74. The lowest BCUT2D eigenvalue weighted by Gasteiger charge is -2.21. The van der Waals surface area contributed by atoms with E-state index in [1.54, 1.807) is 30.3 Å². The van der Waals surface area contributed by atoms with Crippen LogP contribution in [0.2, 0.25) is 0 Å². The van der Waals surface area contributed by atoms with Gasteiger partial charge in [0.05, 0.1) is 5.41 Å². The van der Waals surface area contributed by atoms with Gasteiger partial charge in [0.15, 0.2) is 6.04 Å². The quantitative estimate of drug-likeness (QED) is 0.457. The molecule has 1 atom stereocenters. The molecule has 178 valence electrons. The highest BCUT2D eigenvalue weighted by atomic mass is 16.5. The lowest BCUT2D eigenvalue weighted by molar-refractivity contribution is -0.143. The molecule has 1 fully saturated rings. The molecule has 3 aromatic rings. The predicted octanol–water partition coefficient (Wildman–Crippen LogP) is 4.25. The summed E-state index contributed by atoms with van der Waals surface area (Å²) in [6.07, 6.45) is 0.552. The second-order valence-corrected chi connectivity index (χ2v) is 9.11. The minimum atomic E-state index is -1.14. The largest absolute Gasteiger partial charge is 0.479 e. The number of carbonyl (C=O) groups excluding carboxylic acids is 2. The van der Waals surface area contributed by atoms with Crippen molar-refractivity contribution in [2.45, 2.75) is 24.8 Å². The van der Waals surface area contributed by atoms with Crippen molar-refractivity contribution in [3.05, 3.63) is 95.6 Å². The summed E-state index contributed by atoms with van der Waals surface area (Å²) in [5.74, 6) is -1.56. The van der Waals surface area contributed by atoms with E-state index in [0.717, 1.165) is 22.3 Å². The minimum absolute atomic E-state index is 0.0477. The van der Waals surface area contributed by atoms with Crippen LogP contribution in [0.15, 0.2) is 78.9 Å². The van der Waals surface area contributed by atoms with Crippen molar-refractivity contribution in [1.29, 1.82) is 0 Å². The van der Waals surface area contributed by atoms with Crippen LogP contribution in [0.3, 0.4) is 0 Å². The maximum absolute atomic E-state index is 12.9. The number of benzene rings is 3. The summed E-state index contributed by atoms with van der Waals surface area (Å²) in [6.45, 7) is 0.283. The Bertz CT molecular complexity index is 1220. The third-order valence-electron chi connectivity index (χ3n) is 6.91. The van der Waals surface area contributed by atoms with E-state index in [0.29, 0.717) is 18.4 Å². The Morgan fingerprint density at radius 1 is 0.886 bits per heavy atom. The highest BCUT2D eigenvalue weighted by Gasteiger charge is 2.51. The molecular weight excluding hydrogens is 444 g/mol. The molecule has 0 unspecified atom stereocenters. The molecule has 3 aromatic carbocycles. The van der Waals surface area contributed by atoms with Crippen molar-refractivity contribution in [2.24, 2.45) is 5.41 Å². The second kappa shape index (κ2) is 9.25. The molecule has 5 rings (SSSR count). The summed E-state index contributed by atoms with van der Waals surface area (Å²) in [7, 11) is 0. The highest BCUT2D eigenvalue weighted by molar-refractivity contribution is 5.90. The number of alkyl carbamates (subject to hydrolysis) is 1. The first-order valence-corrected chi connectivity index (χ1v) is 11.7. The maximum atomic E-state index is 12.9. The van der Waals surface area contributed by atoms with Gasteiger partial charge < -0.3 is 20.5 Å². The lowest BCUT2D eigenvalue weighted by atomic mass is 9.98. The number of nitrogens with one attached hydrogen (secondary N) is 2. The van der Waals surface area contributed by atoms with Crippen LogP contribution >= 0.6 is 0 Å². The van der Waals surface area contributed by atoms with Crippen molar-refractivity contribution in [1.82, 2.24) is 10.6 Å². The van der Waals surface area contributed by atoms with Gasteiger partial charge in [-0.1, -0.05) is 78.9 Å². The number of hydrogen-bond donors (Lipinski definition) is 3. The van der Waals surface area contributed by atoms with Crippen LogP contribution in [0.25, 0.3) is 11.1 Å². The summed E-state index contributed by atoms with van der Waals surface area (Å²) in [4.78, 5) is 37.1. The standard InChI is InChI=1S/C28H26N2O5/c31-25(32)24(18-8-2-1-3-9-18)30-26(33)28(14-15-28)17-29-27(34)35-16-23-21-12-6-4-10-19(21)20-11-5-7-13-22(20)23/h1-13,23-24H,14-17H2,(H,29,34)(H,30,33)(H,31,32)/t24-/m0/s1. The zero-order valence-electron chi connectivity index (χ0n) is 19.1. The third-order valence-corrected chi connectivity index (χ3v) is 6.91. The second-order valence-electron chi connectivity index (χ2n) is 9.11. The Balaban J connectivity index is 1.18. The molecule has 0 aliphatic heterocycles. The molecule has 7 heteroatoms. The van der Waals surface area contributed by atoms with Gasteiger partial charge in [-0.25, -0.2) is 9.59 Å². The number of carbonyl (C=O) groups is 3. The number of aliphatic carboxylic acids is 1. The molecule has 7 nitrogen and oxygen atoms in total. The molecule has 0 radical (unpaired) electrons. The lowest BCUT2D eigenvalue weighted by Crippen LogP contribution is -2.43. The molecular formula is C28H26N2O5. The Morgan fingerprint density at radius 2 is 1.46 bits per heavy atom. The molecule has 0 spiro atoms. The van der Waals surface area contributed by atoms with Gasteiger partial charge in [-0.15, -0.1) is 0 Å². The first-order valence-electron chi connectivity index (χ1n) is 11.7. The van der Waals surface area contributed by atoms with Crippen LogP contribution in [0.4, 0.5) is 4.79 Å². The first-order chi connectivity index (χ1) is 17.0. The van der Waals surface area contributed by atoms with Gasteiger partial charge in [0, 0.05) is 12.5 Å². The van der Waals surface area contributed by atoms with Crippen LogP contribution in [0, 0.1) is 5.41 Å². The van der Waals surface area contributed by atoms with Crippen molar-refractivity contribution in [3.8, 4) is 11.1 Å². The van der Waals surface area contributed by atoms with Gasteiger partial charge in [0.2, 0.25) is 5.91 Å². The van der Waals surface area contributed by atoms with E-state index in [4.69, 9.17) is 4.74 Å². The predicted molar refractivity (Wildman–Crippen MR) is 130 cm³/mol. The zero-order chi connectivity index (χ0) is 24.4. The number of fused-ring (bicyclic) bond motifs is 3. The van der Waals surface area contributed by atoms with E-state index in [2.05, 4.69) is 34.9 Å². The Morgan fingerprint density at radius 3 is 2.03 bits per heavy atom. The molecule has 0 aromatic heterocycles. The maximum Gasteiger partial charge on any atom is 0.407 e. The molecule has 0 saturated heterocycles. The Kier molecular flexibility index (Phi) is 5.99. The van der Waals surface area contributed by atoms with Crippen LogP contribution in [-0.2, 0) is 14.3 Å². The van der Waals surface area contributed by atoms with Gasteiger partial charge in [0.1, 0.15) is 6.61 Å². The highest BCUT2D eigenvalue weighted by Crippen LogP contribution is 2.46. The molecule has 2 amide bonds. The summed E-state index contributed by atoms with van der Waals surface area (Å²) >= 11 is 0. The van der Waals surface area contributed by atoms with Crippen molar-refractivity contribution in [2.75, 3.05) is 13.2 Å². The van der Waals surface area contributed by atoms with Gasteiger partial charge in [0.25, 0.3) is 0 Å². The molecule has 3 N–H and O–H groups in total. The van der Waals surface area contributed by atoms with Crippen molar-refractivity contribution in [3.63, 3.8) is 0 Å². The number of amides is 2. The molecule has 1 saturated carbocycles. The topological polar surface area (TPSA) is 105 Å². The van der Waals surface area contributed by atoms with Crippen LogP contribution < -0.4 is 10.6 Å². The normalized spacial score (nSPS) is 15.9. The third kappa shape index (κ3) is 4.49. The van der Waals surface area contributed by atoms with E-state index < -0.39 is 23.5 Å². The fourth-order valence-electron chi connectivity index (χ4n) is 4.74. The number of ether oxygens (including phenoxy) is 1. The van der Waals surface area contributed by atoms with E-state index in [1.165, 1.54) is 0 Å². The first kappa shape index (κ1) is 22.7. The average molecular weight is 471 g/mol. The van der Waals surface area contributed by atoms with E-state index in [-0.39, 0.29) is 25.0 Å². The van der Waals surface area contributed by atoms with E-state index in [1.807, 2.05) is 24.3 Å². The Labute approximate surface area is 203 Å². The van der Waals surface area contributed by atoms with E-state index in [9.17, 15) is 19.5 Å². The summed E-state index contributed by atoms with van der Waals surface area (Å²) < 4.78 is 5.56. The van der Waals surface area contributed by atoms with Gasteiger partial charge >= 0.3 is 12.1 Å². The zero-order valence-corrected chi connectivity index (χ0v) is 19.1. The van der Waals surface area contributed by atoms with Gasteiger partial charge in [-0.3, -0.25) is 4.79 Å². The number of carboxylic acid groups (broad SMARTS) is 1. The Hall–Kier alpha value is -4.13. The minimum Gasteiger partial charge on any atom is -0.479 e. The summed E-state index contributed by atoms with van der Waals surface area (Å²) in [5, 5.41) is 14.9. The number of carboxylic acids is 1. The van der Waals surface area contributed by atoms with Crippen LogP contribution in [0.1, 0.15) is 41.5 Å². The number of hydrogen-bond acceptors (Lipinski definition) is 4. The monoisotopic (exact) mass is 470 g/mol. The molecule has 35 heavy (non-hydrogen) atoms. The average Bonchev–Trinajstić information content (AvgIpc) is 3.62.